The molecule has 1 aromatic carbocycles. The molecule has 1 nitrogen and oxygen atoms in total. The number of rotatable bonds is 3. The molecule has 2 rings (SSSR count). The molecule has 0 aromatic heterocycles. The molecule has 1 N–H and O–H groups in total. The van der Waals surface area contributed by atoms with Gasteiger partial charge in [0, 0.05) is 12.6 Å². The lowest BCUT2D eigenvalue weighted by Gasteiger charge is -2.35. The van der Waals surface area contributed by atoms with Crippen LogP contribution in [-0.4, -0.2) is 6.04 Å². The summed E-state index contributed by atoms with van der Waals surface area (Å²) < 4.78 is 13.9. The van der Waals surface area contributed by atoms with Crippen LogP contribution >= 0.6 is 15.9 Å². The number of hydrogen-bond acceptors (Lipinski definition) is 1. The molecular formula is C15H21BrFN. The van der Waals surface area contributed by atoms with Crippen LogP contribution in [0.25, 0.3) is 0 Å². The lowest BCUT2D eigenvalue weighted by molar-refractivity contribution is 0.197. The largest absolute Gasteiger partial charge is 0.310 e. The standard InChI is InChI=1S/C15H21BrFN/c1-15(2)7-3-4-12(9-15)18-10-11-5-6-13(16)14(17)8-11/h5-6,8,12,18H,3-4,7,9-10H2,1-2H3. The normalized spacial score (nSPS) is 23.0. The highest BCUT2D eigenvalue weighted by molar-refractivity contribution is 9.10. The average molecular weight is 314 g/mol. The summed E-state index contributed by atoms with van der Waals surface area (Å²) in [5.74, 6) is -0.182. The predicted molar refractivity (Wildman–Crippen MR) is 77.0 cm³/mol. The summed E-state index contributed by atoms with van der Waals surface area (Å²) in [5.41, 5.74) is 1.46. The predicted octanol–water partition coefficient (Wildman–Crippen LogP) is 4.65. The van der Waals surface area contributed by atoms with Gasteiger partial charge in [0.05, 0.1) is 4.47 Å². The summed E-state index contributed by atoms with van der Waals surface area (Å²) in [6.07, 6.45) is 5.06. The van der Waals surface area contributed by atoms with Crippen molar-refractivity contribution in [1.82, 2.24) is 5.32 Å². The van der Waals surface area contributed by atoms with E-state index in [9.17, 15) is 4.39 Å². The third kappa shape index (κ3) is 3.79. The molecule has 0 spiro atoms. The molecule has 1 aliphatic carbocycles. The highest BCUT2D eigenvalue weighted by Gasteiger charge is 2.27. The minimum absolute atomic E-state index is 0.182. The van der Waals surface area contributed by atoms with E-state index in [-0.39, 0.29) is 5.82 Å². The fraction of sp³-hybridized carbons (Fsp3) is 0.600. The van der Waals surface area contributed by atoms with Crippen molar-refractivity contribution < 1.29 is 4.39 Å². The van der Waals surface area contributed by atoms with E-state index in [2.05, 4.69) is 35.1 Å². The zero-order valence-corrected chi connectivity index (χ0v) is 12.7. The quantitative estimate of drug-likeness (QED) is 0.856. The highest BCUT2D eigenvalue weighted by atomic mass is 79.9. The van der Waals surface area contributed by atoms with Crippen molar-refractivity contribution in [2.24, 2.45) is 5.41 Å². The van der Waals surface area contributed by atoms with Crippen LogP contribution in [0.3, 0.4) is 0 Å². The van der Waals surface area contributed by atoms with Crippen molar-refractivity contribution in [1.29, 1.82) is 0 Å². The van der Waals surface area contributed by atoms with Crippen molar-refractivity contribution >= 4 is 15.9 Å². The van der Waals surface area contributed by atoms with E-state index in [1.165, 1.54) is 25.7 Å². The molecular weight excluding hydrogens is 293 g/mol. The summed E-state index contributed by atoms with van der Waals surface area (Å²) in [5, 5.41) is 3.56. The molecule has 1 saturated carbocycles. The molecule has 0 radical (unpaired) electrons. The highest BCUT2D eigenvalue weighted by Crippen LogP contribution is 2.35. The molecule has 100 valence electrons. The number of benzene rings is 1. The van der Waals surface area contributed by atoms with E-state index in [1.54, 1.807) is 12.1 Å². The van der Waals surface area contributed by atoms with Crippen LogP contribution in [0.5, 0.6) is 0 Å². The van der Waals surface area contributed by atoms with Gasteiger partial charge in [-0.3, -0.25) is 0 Å². The Hall–Kier alpha value is -0.410. The van der Waals surface area contributed by atoms with Gasteiger partial charge in [-0.2, -0.15) is 0 Å². The molecule has 18 heavy (non-hydrogen) atoms. The van der Waals surface area contributed by atoms with Gasteiger partial charge in [-0.15, -0.1) is 0 Å². The van der Waals surface area contributed by atoms with Crippen LogP contribution in [0.15, 0.2) is 22.7 Å². The Balaban J connectivity index is 1.89. The van der Waals surface area contributed by atoms with Gasteiger partial charge >= 0.3 is 0 Å². The first-order valence-electron chi connectivity index (χ1n) is 6.64. The summed E-state index contributed by atoms with van der Waals surface area (Å²) in [4.78, 5) is 0. The van der Waals surface area contributed by atoms with Gasteiger partial charge in [0.1, 0.15) is 5.82 Å². The lowest BCUT2D eigenvalue weighted by Crippen LogP contribution is -2.36. The van der Waals surface area contributed by atoms with Crippen molar-refractivity contribution in [3.8, 4) is 0 Å². The maximum Gasteiger partial charge on any atom is 0.137 e. The maximum atomic E-state index is 13.4. The third-order valence-corrected chi connectivity index (χ3v) is 4.43. The topological polar surface area (TPSA) is 12.0 Å². The second-order valence-electron chi connectivity index (χ2n) is 6.09. The Morgan fingerprint density at radius 2 is 2.22 bits per heavy atom. The summed E-state index contributed by atoms with van der Waals surface area (Å²) in [7, 11) is 0. The molecule has 0 saturated heterocycles. The van der Waals surface area contributed by atoms with E-state index in [1.807, 2.05) is 6.07 Å². The van der Waals surface area contributed by atoms with E-state index in [0.29, 0.717) is 15.9 Å². The van der Waals surface area contributed by atoms with Crippen molar-refractivity contribution in [2.45, 2.75) is 52.1 Å². The Kier molecular flexibility index (Phi) is 4.44. The zero-order chi connectivity index (χ0) is 13.2. The summed E-state index contributed by atoms with van der Waals surface area (Å²) >= 11 is 3.18. The van der Waals surface area contributed by atoms with Gasteiger partial charge in [0.2, 0.25) is 0 Å². The molecule has 0 amide bonds. The van der Waals surface area contributed by atoms with E-state index < -0.39 is 0 Å². The van der Waals surface area contributed by atoms with Gasteiger partial charge < -0.3 is 5.32 Å². The Morgan fingerprint density at radius 1 is 1.44 bits per heavy atom. The molecule has 3 heteroatoms. The lowest BCUT2D eigenvalue weighted by atomic mass is 9.75. The first-order valence-corrected chi connectivity index (χ1v) is 7.43. The Labute approximate surface area is 117 Å². The van der Waals surface area contributed by atoms with E-state index >= 15 is 0 Å². The van der Waals surface area contributed by atoms with Crippen LogP contribution < -0.4 is 5.32 Å². The summed E-state index contributed by atoms with van der Waals surface area (Å²) in [6, 6.07) is 5.91. The molecule has 0 aliphatic heterocycles. The molecule has 1 atom stereocenters. The second kappa shape index (κ2) is 5.70. The fourth-order valence-electron chi connectivity index (χ4n) is 2.78. The maximum absolute atomic E-state index is 13.4. The van der Waals surface area contributed by atoms with Crippen molar-refractivity contribution in [2.75, 3.05) is 0 Å². The molecule has 1 aliphatic rings. The SMILES string of the molecule is CC1(C)CCCC(NCc2ccc(Br)c(F)c2)C1. The molecule has 1 unspecified atom stereocenters. The first kappa shape index (κ1) is 14.0. The van der Waals surface area contributed by atoms with Crippen LogP contribution in [0.4, 0.5) is 4.39 Å². The van der Waals surface area contributed by atoms with Gasteiger partial charge in [-0.05, 0) is 58.3 Å². The number of nitrogens with one attached hydrogen (secondary N) is 1. The van der Waals surface area contributed by atoms with Crippen LogP contribution in [0.2, 0.25) is 0 Å². The monoisotopic (exact) mass is 313 g/mol. The average Bonchev–Trinajstić information content (AvgIpc) is 2.29. The van der Waals surface area contributed by atoms with Crippen LogP contribution in [0.1, 0.15) is 45.1 Å². The van der Waals surface area contributed by atoms with E-state index in [0.717, 1.165) is 12.1 Å². The molecule has 0 heterocycles. The summed E-state index contributed by atoms with van der Waals surface area (Å²) in [6.45, 7) is 5.42. The van der Waals surface area contributed by atoms with Crippen molar-refractivity contribution in [3.63, 3.8) is 0 Å². The first-order chi connectivity index (χ1) is 8.46. The zero-order valence-electron chi connectivity index (χ0n) is 11.1. The van der Waals surface area contributed by atoms with Crippen LogP contribution in [-0.2, 0) is 6.54 Å². The third-order valence-electron chi connectivity index (χ3n) is 3.78. The van der Waals surface area contributed by atoms with Crippen LogP contribution in [0, 0.1) is 11.2 Å². The Morgan fingerprint density at radius 3 is 2.89 bits per heavy atom. The molecule has 1 aromatic rings. The van der Waals surface area contributed by atoms with Gasteiger partial charge in [-0.25, -0.2) is 4.39 Å². The minimum atomic E-state index is -0.182. The number of hydrogen-bond donors (Lipinski definition) is 1. The number of halogens is 2. The van der Waals surface area contributed by atoms with Crippen molar-refractivity contribution in [3.05, 3.63) is 34.1 Å². The fourth-order valence-corrected chi connectivity index (χ4v) is 3.03. The van der Waals surface area contributed by atoms with E-state index in [4.69, 9.17) is 0 Å². The second-order valence-corrected chi connectivity index (χ2v) is 6.94. The van der Waals surface area contributed by atoms with Gasteiger partial charge in [0.25, 0.3) is 0 Å². The Bertz CT molecular complexity index is 417. The van der Waals surface area contributed by atoms with Gasteiger partial charge in [0.15, 0.2) is 0 Å². The van der Waals surface area contributed by atoms with Gasteiger partial charge in [-0.1, -0.05) is 26.3 Å². The molecule has 1 fully saturated rings. The minimum Gasteiger partial charge on any atom is -0.310 e. The smallest absolute Gasteiger partial charge is 0.137 e. The molecule has 0 bridgehead atoms.